The molecule has 16 heavy (non-hydrogen) atoms. The molecule has 1 aromatic carbocycles. The Balaban J connectivity index is 2.99. The van der Waals surface area contributed by atoms with Crippen LogP contribution < -0.4 is 10.5 Å². The van der Waals surface area contributed by atoms with Crippen molar-refractivity contribution in [3.8, 4) is 0 Å². The minimum Gasteiger partial charge on any atom is -0.392 e. The summed E-state index contributed by atoms with van der Waals surface area (Å²) in [6.45, 7) is 1.37. The lowest BCUT2D eigenvalue weighted by molar-refractivity contribution is 0.584. The summed E-state index contributed by atoms with van der Waals surface area (Å²) in [4.78, 5) is 0.0325. The van der Waals surface area contributed by atoms with Crippen molar-refractivity contribution in [3.05, 3.63) is 29.6 Å². The third-order valence-electron chi connectivity index (χ3n) is 1.88. The van der Waals surface area contributed by atoms with E-state index in [1.807, 2.05) is 0 Å². The number of nitrogens with two attached hydrogens (primary N) is 1. The van der Waals surface area contributed by atoms with Gasteiger partial charge >= 0.3 is 0 Å². The molecule has 0 fully saturated rings. The van der Waals surface area contributed by atoms with Gasteiger partial charge < -0.3 is 5.73 Å². The second kappa shape index (κ2) is 4.86. The van der Waals surface area contributed by atoms with Gasteiger partial charge in [-0.2, -0.15) is 0 Å². The number of benzene rings is 1. The van der Waals surface area contributed by atoms with Gasteiger partial charge in [0.1, 0.15) is 5.82 Å². The van der Waals surface area contributed by atoms with E-state index in [1.165, 1.54) is 19.1 Å². The second-order valence-electron chi connectivity index (χ2n) is 3.20. The quantitative estimate of drug-likeness (QED) is 0.783. The highest BCUT2D eigenvalue weighted by atomic mass is 32.2. The zero-order valence-electron chi connectivity index (χ0n) is 8.53. The highest BCUT2D eigenvalue weighted by Gasteiger charge is 2.14. The minimum atomic E-state index is -3.68. The van der Waals surface area contributed by atoms with E-state index in [1.54, 1.807) is 0 Å². The molecule has 1 aromatic rings. The van der Waals surface area contributed by atoms with Gasteiger partial charge in [0.05, 0.1) is 16.4 Å². The summed E-state index contributed by atoms with van der Waals surface area (Å²) in [5.41, 5.74) is 5.44. The smallest absolute Gasteiger partial charge is 0.240 e. The second-order valence-corrected chi connectivity index (χ2v) is 5.49. The Morgan fingerprint density at radius 2 is 2.19 bits per heavy atom. The summed E-state index contributed by atoms with van der Waals surface area (Å²) in [6.07, 6.45) is 0. The Bertz CT molecular complexity index is 514. The van der Waals surface area contributed by atoms with E-state index in [0.29, 0.717) is 0 Å². The number of halogens is 1. The van der Waals surface area contributed by atoms with Crippen LogP contribution >= 0.6 is 12.2 Å². The first-order chi connectivity index (χ1) is 7.33. The molecule has 0 saturated carbocycles. The molecular formula is C9H11FN2O2S2. The van der Waals surface area contributed by atoms with E-state index < -0.39 is 15.8 Å². The van der Waals surface area contributed by atoms with Crippen LogP contribution in [0.15, 0.2) is 23.1 Å². The number of aryl methyl sites for hydroxylation is 1. The molecule has 0 saturated heterocycles. The number of thiocarbonyl (C=S) groups is 1. The van der Waals surface area contributed by atoms with E-state index in [0.717, 1.165) is 6.07 Å². The topological polar surface area (TPSA) is 72.2 Å². The Hall–Kier alpha value is -1.05. The van der Waals surface area contributed by atoms with Crippen molar-refractivity contribution in [2.75, 3.05) is 6.54 Å². The summed E-state index contributed by atoms with van der Waals surface area (Å²) in [6, 6.07) is 3.53. The number of rotatable bonds is 4. The number of hydrogen-bond acceptors (Lipinski definition) is 3. The summed E-state index contributed by atoms with van der Waals surface area (Å²) < 4.78 is 38.5. The number of hydrogen-bond donors (Lipinski definition) is 2. The van der Waals surface area contributed by atoms with Crippen LogP contribution in [-0.2, 0) is 10.0 Å². The maximum atomic E-state index is 12.9. The van der Waals surface area contributed by atoms with Crippen molar-refractivity contribution in [1.29, 1.82) is 0 Å². The monoisotopic (exact) mass is 262 g/mol. The molecule has 0 radical (unpaired) electrons. The van der Waals surface area contributed by atoms with Crippen LogP contribution in [0.4, 0.5) is 4.39 Å². The molecule has 0 atom stereocenters. The molecule has 1 rings (SSSR count). The van der Waals surface area contributed by atoms with Crippen molar-refractivity contribution in [1.82, 2.24) is 4.72 Å². The molecule has 3 N–H and O–H groups in total. The van der Waals surface area contributed by atoms with Gasteiger partial charge in [-0.25, -0.2) is 17.5 Å². The molecule has 0 heterocycles. The molecule has 0 spiro atoms. The van der Waals surface area contributed by atoms with E-state index in [2.05, 4.69) is 16.9 Å². The largest absolute Gasteiger partial charge is 0.392 e. The van der Waals surface area contributed by atoms with E-state index >= 15 is 0 Å². The molecule has 0 unspecified atom stereocenters. The molecule has 4 nitrogen and oxygen atoms in total. The Morgan fingerprint density at radius 1 is 1.56 bits per heavy atom. The highest BCUT2D eigenvalue weighted by molar-refractivity contribution is 7.89. The lowest BCUT2D eigenvalue weighted by atomic mass is 10.2. The predicted octanol–water partition coefficient (Wildman–Crippen LogP) is 0.699. The molecule has 0 aliphatic rings. The maximum Gasteiger partial charge on any atom is 0.240 e. The Morgan fingerprint density at radius 3 is 2.69 bits per heavy atom. The van der Waals surface area contributed by atoms with Crippen molar-refractivity contribution in [2.45, 2.75) is 11.8 Å². The minimum absolute atomic E-state index is 0.0114. The molecule has 7 heteroatoms. The standard InChI is InChI=1S/C9H11FN2O2S2/c1-6-4-7(2-3-8(6)10)16(13,14)12-5-9(11)15/h2-4,12H,5H2,1H3,(H2,11,15). The van der Waals surface area contributed by atoms with Gasteiger partial charge in [-0.15, -0.1) is 0 Å². The van der Waals surface area contributed by atoms with Gasteiger partial charge in [0.15, 0.2) is 0 Å². The molecule has 0 aliphatic heterocycles. The Kier molecular flexibility index (Phi) is 3.95. The van der Waals surface area contributed by atoms with Gasteiger partial charge in [0.25, 0.3) is 0 Å². The van der Waals surface area contributed by atoms with Crippen LogP contribution in [0.2, 0.25) is 0 Å². The van der Waals surface area contributed by atoms with Gasteiger partial charge in [-0.05, 0) is 30.7 Å². The summed E-state index contributed by atoms with van der Waals surface area (Å²) in [5, 5.41) is 0. The van der Waals surface area contributed by atoms with E-state index in [-0.39, 0.29) is 22.0 Å². The fourth-order valence-electron chi connectivity index (χ4n) is 1.03. The molecule has 0 aromatic heterocycles. The highest BCUT2D eigenvalue weighted by Crippen LogP contribution is 2.13. The third-order valence-corrected chi connectivity index (χ3v) is 3.42. The van der Waals surface area contributed by atoms with Crippen LogP contribution in [0.3, 0.4) is 0 Å². The van der Waals surface area contributed by atoms with Gasteiger partial charge in [0, 0.05) is 0 Å². The lowest BCUT2D eigenvalue weighted by Gasteiger charge is -2.06. The molecular weight excluding hydrogens is 251 g/mol. The zero-order valence-corrected chi connectivity index (χ0v) is 10.2. The van der Waals surface area contributed by atoms with E-state index in [4.69, 9.17) is 5.73 Å². The van der Waals surface area contributed by atoms with Crippen LogP contribution in [-0.4, -0.2) is 20.0 Å². The van der Waals surface area contributed by atoms with Crippen molar-refractivity contribution < 1.29 is 12.8 Å². The fourth-order valence-corrected chi connectivity index (χ4v) is 2.29. The first-order valence-corrected chi connectivity index (χ1v) is 6.26. The van der Waals surface area contributed by atoms with Gasteiger partial charge in [-0.3, -0.25) is 0 Å². The fraction of sp³-hybridized carbons (Fsp3) is 0.222. The lowest BCUT2D eigenvalue weighted by Crippen LogP contribution is -2.32. The first kappa shape index (κ1) is 13.0. The third kappa shape index (κ3) is 3.22. The molecule has 0 aliphatic carbocycles. The normalized spacial score (nSPS) is 11.4. The molecule has 0 bridgehead atoms. The zero-order chi connectivity index (χ0) is 12.3. The maximum absolute atomic E-state index is 12.9. The molecule has 88 valence electrons. The Labute approximate surface area is 98.7 Å². The number of nitrogens with one attached hydrogen (secondary N) is 1. The van der Waals surface area contributed by atoms with Crippen LogP contribution in [0.1, 0.15) is 5.56 Å². The molecule has 0 amide bonds. The first-order valence-electron chi connectivity index (χ1n) is 4.37. The summed E-state index contributed by atoms with van der Waals surface area (Å²) in [5.74, 6) is -0.451. The van der Waals surface area contributed by atoms with Gasteiger partial charge in [0.2, 0.25) is 10.0 Å². The van der Waals surface area contributed by atoms with Crippen molar-refractivity contribution >= 4 is 27.2 Å². The van der Waals surface area contributed by atoms with Crippen molar-refractivity contribution in [3.63, 3.8) is 0 Å². The summed E-state index contributed by atoms with van der Waals surface area (Å²) >= 11 is 4.55. The van der Waals surface area contributed by atoms with Crippen LogP contribution in [0.5, 0.6) is 0 Å². The summed E-state index contributed by atoms with van der Waals surface area (Å²) in [7, 11) is -3.68. The van der Waals surface area contributed by atoms with Crippen LogP contribution in [0.25, 0.3) is 0 Å². The predicted molar refractivity (Wildman–Crippen MR) is 63.1 cm³/mol. The van der Waals surface area contributed by atoms with Crippen LogP contribution in [0, 0.1) is 12.7 Å². The van der Waals surface area contributed by atoms with E-state index in [9.17, 15) is 12.8 Å². The SMILES string of the molecule is Cc1cc(S(=O)(=O)NCC(N)=S)ccc1F. The van der Waals surface area contributed by atoms with Crippen molar-refractivity contribution in [2.24, 2.45) is 5.73 Å². The average molecular weight is 262 g/mol. The average Bonchev–Trinajstić information content (AvgIpc) is 2.19. The number of sulfonamides is 1. The van der Waals surface area contributed by atoms with Gasteiger partial charge in [-0.1, -0.05) is 12.2 Å².